The number of nitrogens with zero attached hydrogens (tertiary/aromatic N) is 7. The number of hydrogen-bond acceptors (Lipinski definition) is 7. The Morgan fingerprint density at radius 3 is 2.50 bits per heavy atom. The number of anilines is 2. The number of alkyl halides is 3. The molecule has 8 nitrogen and oxygen atoms in total. The summed E-state index contributed by atoms with van der Waals surface area (Å²) in [5, 5.41) is 2.94. The van der Waals surface area contributed by atoms with Crippen LogP contribution in [0, 0.1) is 17.0 Å². The van der Waals surface area contributed by atoms with E-state index in [1.807, 2.05) is 6.07 Å². The standard InChI is InChI=1S/C29H29F5N8/c1-40-8-6-28(7-9-40)15-41(16-28)14-17-2-4-23(35-12-17)37-27-36-13-20(31)25(39-27)18-10-19(30)26-21(11-18)42-22(29(32,33)34)3-5-24(42)38-26/h2,4,10-13,22H,3,5-9,14-16H2,1H3,(H,35,36,37,39)/t22-/m0/s1. The molecule has 1 atom stereocenters. The summed E-state index contributed by atoms with van der Waals surface area (Å²) in [5.41, 5.74) is 1.03. The number of halogens is 5. The first-order chi connectivity index (χ1) is 20.1. The van der Waals surface area contributed by atoms with Crippen LogP contribution in [0.25, 0.3) is 22.3 Å². The van der Waals surface area contributed by atoms with E-state index in [1.54, 1.807) is 12.3 Å². The summed E-state index contributed by atoms with van der Waals surface area (Å²) in [6.45, 7) is 5.30. The molecule has 0 radical (unpaired) electrons. The van der Waals surface area contributed by atoms with Gasteiger partial charge in [0.1, 0.15) is 28.9 Å². The van der Waals surface area contributed by atoms with Crippen molar-refractivity contribution in [1.29, 1.82) is 0 Å². The van der Waals surface area contributed by atoms with E-state index in [-0.39, 0.29) is 46.9 Å². The lowest BCUT2D eigenvalue weighted by Crippen LogP contribution is -2.59. The molecule has 1 N–H and O–H groups in total. The van der Waals surface area contributed by atoms with E-state index in [0.29, 0.717) is 11.2 Å². The van der Waals surface area contributed by atoms with Gasteiger partial charge in [0, 0.05) is 37.8 Å². The number of rotatable bonds is 5. The predicted octanol–water partition coefficient (Wildman–Crippen LogP) is 5.49. The van der Waals surface area contributed by atoms with E-state index in [9.17, 15) is 17.6 Å². The fourth-order valence-electron chi connectivity index (χ4n) is 6.58. The van der Waals surface area contributed by atoms with Gasteiger partial charge in [-0.2, -0.15) is 13.2 Å². The number of likely N-dealkylation sites (tertiary alicyclic amines) is 2. The van der Waals surface area contributed by atoms with Crippen molar-refractivity contribution >= 4 is 22.8 Å². The molecule has 13 heteroatoms. The molecule has 7 rings (SSSR count). The van der Waals surface area contributed by atoms with Crippen molar-refractivity contribution in [1.82, 2.24) is 34.3 Å². The Hall–Kier alpha value is -3.71. The van der Waals surface area contributed by atoms with Crippen LogP contribution >= 0.6 is 0 Å². The third-order valence-electron chi connectivity index (χ3n) is 8.81. The van der Waals surface area contributed by atoms with Crippen LogP contribution in [-0.4, -0.2) is 73.7 Å². The van der Waals surface area contributed by atoms with E-state index in [4.69, 9.17) is 0 Å². The number of aromatic nitrogens is 5. The van der Waals surface area contributed by atoms with Crippen molar-refractivity contribution in [2.45, 2.75) is 44.4 Å². The largest absolute Gasteiger partial charge is 0.409 e. The highest BCUT2D eigenvalue weighted by Gasteiger charge is 2.46. The van der Waals surface area contributed by atoms with Gasteiger partial charge >= 0.3 is 6.18 Å². The molecule has 0 aliphatic carbocycles. The Bertz CT molecular complexity index is 1630. The molecule has 42 heavy (non-hydrogen) atoms. The van der Waals surface area contributed by atoms with Crippen LogP contribution in [0.15, 0.2) is 36.7 Å². The molecule has 3 aliphatic heterocycles. The van der Waals surface area contributed by atoms with Crippen LogP contribution in [0.3, 0.4) is 0 Å². The topological polar surface area (TPSA) is 75.0 Å². The second-order valence-corrected chi connectivity index (χ2v) is 11.8. The number of pyridine rings is 1. The summed E-state index contributed by atoms with van der Waals surface area (Å²) >= 11 is 0. The normalized spacial score (nSPS) is 20.7. The van der Waals surface area contributed by atoms with Crippen LogP contribution < -0.4 is 5.32 Å². The first-order valence-electron chi connectivity index (χ1n) is 14.0. The van der Waals surface area contributed by atoms with Crippen LogP contribution in [0.2, 0.25) is 0 Å². The number of imidazole rings is 1. The van der Waals surface area contributed by atoms with Crippen molar-refractivity contribution in [3.05, 3.63) is 59.7 Å². The molecule has 2 saturated heterocycles. The summed E-state index contributed by atoms with van der Waals surface area (Å²) in [4.78, 5) is 21.5. The van der Waals surface area contributed by atoms with Crippen molar-refractivity contribution in [2.75, 3.05) is 38.5 Å². The summed E-state index contributed by atoms with van der Waals surface area (Å²) in [6, 6.07) is 4.25. The summed E-state index contributed by atoms with van der Waals surface area (Å²) in [5.74, 6) is -1.08. The van der Waals surface area contributed by atoms with Crippen LogP contribution in [-0.2, 0) is 13.0 Å². The zero-order valence-electron chi connectivity index (χ0n) is 22.9. The molecule has 4 aromatic rings. The smallest absolute Gasteiger partial charge is 0.316 e. The van der Waals surface area contributed by atoms with Crippen LogP contribution in [0.5, 0.6) is 0 Å². The lowest BCUT2D eigenvalue weighted by atomic mass is 9.72. The molecule has 3 aromatic heterocycles. The van der Waals surface area contributed by atoms with Gasteiger partial charge < -0.3 is 14.8 Å². The Balaban J connectivity index is 1.08. The molecule has 220 valence electrons. The number of benzene rings is 1. The SMILES string of the molecule is CN1CCC2(CC1)CN(Cc1ccc(Nc3ncc(F)c(-c4cc(F)c5nc6n(c5c4)[C@H](C(F)(F)F)CC6)n3)nc1)C2. The number of nitrogens with one attached hydrogen (secondary N) is 1. The minimum Gasteiger partial charge on any atom is -0.316 e. The van der Waals surface area contributed by atoms with Crippen molar-refractivity contribution in [3.8, 4) is 11.3 Å². The number of piperidine rings is 1. The molecule has 2 fully saturated rings. The third kappa shape index (κ3) is 4.87. The zero-order valence-corrected chi connectivity index (χ0v) is 22.9. The summed E-state index contributed by atoms with van der Waals surface area (Å²) in [7, 11) is 2.17. The van der Waals surface area contributed by atoms with Gasteiger partial charge in [-0.1, -0.05) is 6.07 Å². The number of fused-ring (bicyclic) bond motifs is 3. The Kier molecular flexibility index (Phi) is 6.42. The average Bonchev–Trinajstić information content (AvgIpc) is 3.52. The van der Waals surface area contributed by atoms with E-state index < -0.39 is 23.9 Å². The van der Waals surface area contributed by atoms with Gasteiger partial charge in [0.25, 0.3) is 0 Å². The maximum atomic E-state index is 15.0. The minimum absolute atomic E-state index is 0.0151. The third-order valence-corrected chi connectivity index (χ3v) is 8.81. The first-order valence-corrected chi connectivity index (χ1v) is 14.0. The van der Waals surface area contributed by atoms with Gasteiger partial charge in [-0.05, 0) is 68.6 Å². The number of hydrogen-bond donors (Lipinski definition) is 1. The van der Waals surface area contributed by atoms with Gasteiger partial charge in [-0.3, -0.25) is 4.90 Å². The molecule has 0 unspecified atom stereocenters. The second kappa shape index (κ2) is 9.94. The molecule has 6 heterocycles. The molecule has 0 amide bonds. The van der Waals surface area contributed by atoms with Gasteiger partial charge in [0.15, 0.2) is 11.6 Å². The average molecular weight is 585 g/mol. The van der Waals surface area contributed by atoms with Crippen LogP contribution in [0.1, 0.15) is 36.7 Å². The quantitative estimate of drug-likeness (QED) is 0.311. The number of aryl methyl sites for hydroxylation is 1. The molecular weight excluding hydrogens is 555 g/mol. The van der Waals surface area contributed by atoms with Crippen LogP contribution in [0.4, 0.5) is 33.7 Å². The fourth-order valence-corrected chi connectivity index (χ4v) is 6.58. The molecule has 0 saturated carbocycles. The molecule has 3 aliphatic rings. The van der Waals surface area contributed by atoms with Gasteiger partial charge in [0.05, 0.1) is 11.7 Å². The zero-order chi connectivity index (χ0) is 29.2. The molecule has 1 spiro atoms. The maximum Gasteiger partial charge on any atom is 0.409 e. The van der Waals surface area contributed by atoms with Gasteiger partial charge in [-0.15, -0.1) is 0 Å². The minimum atomic E-state index is -4.52. The van der Waals surface area contributed by atoms with E-state index in [2.05, 4.69) is 42.1 Å². The Morgan fingerprint density at radius 2 is 1.79 bits per heavy atom. The van der Waals surface area contributed by atoms with Crippen molar-refractivity contribution in [2.24, 2.45) is 5.41 Å². The highest BCUT2D eigenvalue weighted by atomic mass is 19.4. The van der Waals surface area contributed by atoms with E-state index >= 15 is 4.39 Å². The van der Waals surface area contributed by atoms with E-state index in [1.165, 1.54) is 18.9 Å². The fraction of sp³-hybridized carbons (Fsp3) is 0.448. The first kappa shape index (κ1) is 27.1. The molecular formula is C29H29F5N8. The summed E-state index contributed by atoms with van der Waals surface area (Å²) < 4.78 is 71.8. The Morgan fingerprint density at radius 1 is 1.00 bits per heavy atom. The van der Waals surface area contributed by atoms with Gasteiger partial charge in [-0.25, -0.2) is 28.7 Å². The Labute approximate surface area is 238 Å². The summed E-state index contributed by atoms with van der Waals surface area (Å²) in [6.07, 6.45) is 0.559. The predicted molar refractivity (Wildman–Crippen MR) is 146 cm³/mol. The second-order valence-electron chi connectivity index (χ2n) is 11.8. The lowest BCUT2D eigenvalue weighted by molar-refractivity contribution is -0.164. The highest BCUT2D eigenvalue weighted by Crippen LogP contribution is 2.43. The van der Waals surface area contributed by atoms with E-state index in [0.717, 1.165) is 55.1 Å². The van der Waals surface area contributed by atoms with Crippen molar-refractivity contribution in [3.63, 3.8) is 0 Å². The molecule has 0 bridgehead atoms. The maximum absolute atomic E-state index is 15.0. The van der Waals surface area contributed by atoms with Crippen molar-refractivity contribution < 1.29 is 22.0 Å². The highest BCUT2D eigenvalue weighted by molar-refractivity contribution is 5.83. The lowest BCUT2D eigenvalue weighted by Gasteiger charge is -2.54. The van der Waals surface area contributed by atoms with Gasteiger partial charge in [0.2, 0.25) is 5.95 Å². The monoisotopic (exact) mass is 584 g/mol. The molecule has 1 aromatic carbocycles.